The zero-order valence-corrected chi connectivity index (χ0v) is 12.2. The minimum Gasteiger partial charge on any atom is -0.508 e. The van der Waals surface area contributed by atoms with E-state index in [0.717, 1.165) is 5.56 Å². The maximum atomic E-state index is 10.1. The van der Waals surface area contributed by atoms with Crippen LogP contribution in [0.4, 0.5) is 0 Å². The van der Waals surface area contributed by atoms with Crippen molar-refractivity contribution < 1.29 is 5.11 Å². The maximum absolute atomic E-state index is 10.1. The van der Waals surface area contributed by atoms with Gasteiger partial charge < -0.3 is 5.11 Å². The van der Waals surface area contributed by atoms with Crippen LogP contribution in [-0.4, -0.2) is 5.11 Å². The van der Waals surface area contributed by atoms with Crippen molar-refractivity contribution in [2.75, 3.05) is 0 Å². The number of rotatable bonds is 1. The largest absolute Gasteiger partial charge is 0.508 e. The van der Waals surface area contributed by atoms with Gasteiger partial charge in [0.2, 0.25) is 0 Å². The van der Waals surface area contributed by atoms with Gasteiger partial charge in [0.25, 0.3) is 0 Å². The summed E-state index contributed by atoms with van der Waals surface area (Å²) in [6.45, 7) is 6.39. The minimum atomic E-state index is -0.0536. The Bertz CT molecular complexity index is 674. The van der Waals surface area contributed by atoms with E-state index < -0.39 is 0 Å². The van der Waals surface area contributed by atoms with Gasteiger partial charge in [-0.1, -0.05) is 69.3 Å². The maximum Gasteiger partial charge on any atom is 0.119 e. The number of hydrogen-bond donors (Lipinski definition) is 1. The first-order valence-corrected chi connectivity index (χ1v) is 7.07. The molecule has 2 aromatic carbocycles. The second-order valence-corrected chi connectivity index (χ2v) is 6.49. The molecular formula is C19H20O. The smallest absolute Gasteiger partial charge is 0.119 e. The van der Waals surface area contributed by atoms with E-state index in [9.17, 15) is 5.11 Å². The summed E-state index contributed by atoms with van der Waals surface area (Å²) in [7, 11) is 0. The molecule has 1 atom stereocenters. The molecule has 2 aromatic rings. The molecule has 0 aliphatic heterocycles. The fraction of sp³-hybridized carbons (Fsp3) is 0.263. The second-order valence-electron chi connectivity index (χ2n) is 6.49. The standard InChI is InChI=1S/C19H20O/c1-19(2,3)17-12-14(9-11-18(17)20)16-10-8-13-6-4-5-7-15(13)16/h4-12,16,20H,1-3H3. The summed E-state index contributed by atoms with van der Waals surface area (Å²) in [6.07, 6.45) is 4.42. The predicted octanol–water partition coefficient (Wildman–Crippen LogP) is 4.85. The van der Waals surface area contributed by atoms with E-state index in [0.29, 0.717) is 11.7 Å². The molecule has 1 heteroatoms. The monoisotopic (exact) mass is 264 g/mol. The molecule has 3 rings (SSSR count). The summed E-state index contributed by atoms with van der Waals surface area (Å²) >= 11 is 0. The molecule has 0 fully saturated rings. The fourth-order valence-electron chi connectivity index (χ4n) is 2.89. The highest BCUT2D eigenvalue weighted by molar-refractivity contribution is 5.65. The molecule has 0 amide bonds. The van der Waals surface area contributed by atoms with Crippen molar-refractivity contribution in [1.29, 1.82) is 0 Å². The Morgan fingerprint density at radius 1 is 1.00 bits per heavy atom. The normalized spacial score (nSPS) is 17.2. The third kappa shape index (κ3) is 2.14. The number of hydrogen-bond acceptors (Lipinski definition) is 1. The summed E-state index contributed by atoms with van der Waals surface area (Å²) in [4.78, 5) is 0. The van der Waals surface area contributed by atoms with Gasteiger partial charge in [-0.05, 0) is 33.7 Å². The zero-order chi connectivity index (χ0) is 14.3. The average Bonchev–Trinajstić information content (AvgIpc) is 2.82. The van der Waals surface area contributed by atoms with Gasteiger partial charge in [-0.15, -0.1) is 0 Å². The first-order valence-electron chi connectivity index (χ1n) is 7.07. The van der Waals surface area contributed by atoms with Gasteiger partial charge in [-0.25, -0.2) is 0 Å². The van der Waals surface area contributed by atoms with Crippen LogP contribution < -0.4 is 0 Å². The van der Waals surface area contributed by atoms with Crippen LogP contribution in [0.15, 0.2) is 48.5 Å². The first kappa shape index (κ1) is 13.0. The lowest BCUT2D eigenvalue weighted by molar-refractivity contribution is 0.446. The molecular weight excluding hydrogens is 244 g/mol. The van der Waals surface area contributed by atoms with Gasteiger partial charge in [-0.3, -0.25) is 0 Å². The Hall–Kier alpha value is -2.02. The highest BCUT2D eigenvalue weighted by atomic mass is 16.3. The van der Waals surface area contributed by atoms with Crippen LogP contribution in [0.2, 0.25) is 0 Å². The molecule has 0 aromatic heterocycles. The lowest BCUT2D eigenvalue weighted by atomic mass is 9.83. The lowest BCUT2D eigenvalue weighted by Gasteiger charge is -2.22. The van der Waals surface area contributed by atoms with E-state index >= 15 is 0 Å². The van der Waals surface area contributed by atoms with Crippen LogP contribution in [-0.2, 0) is 5.41 Å². The van der Waals surface area contributed by atoms with Gasteiger partial charge in [0.05, 0.1) is 0 Å². The quantitative estimate of drug-likeness (QED) is 0.780. The van der Waals surface area contributed by atoms with Crippen molar-refractivity contribution in [2.45, 2.75) is 32.1 Å². The minimum absolute atomic E-state index is 0.0536. The van der Waals surface area contributed by atoms with Gasteiger partial charge in [0.1, 0.15) is 5.75 Å². The van der Waals surface area contributed by atoms with Crippen molar-refractivity contribution in [3.05, 3.63) is 70.8 Å². The first-order chi connectivity index (χ1) is 9.47. The Morgan fingerprint density at radius 3 is 2.50 bits per heavy atom. The van der Waals surface area contributed by atoms with Crippen molar-refractivity contribution in [3.8, 4) is 5.75 Å². The van der Waals surface area contributed by atoms with Gasteiger partial charge in [0.15, 0.2) is 0 Å². The summed E-state index contributed by atoms with van der Waals surface area (Å²) in [5.74, 6) is 0.685. The molecule has 1 nitrogen and oxygen atoms in total. The van der Waals surface area contributed by atoms with E-state index in [1.165, 1.54) is 16.7 Å². The summed E-state index contributed by atoms with van der Waals surface area (Å²) < 4.78 is 0. The molecule has 0 radical (unpaired) electrons. The van der Waals surface area contributed by atoms with E-state index in [2.05, 4.69) is 63.3 Å². The van der Waals surface area contributed by atoms with Crippen LogP contribution in [0.3, 0.4) is 0 Å². The summed E-state index contributed by atoms with van der Waals surface area (Å²) in [5, 5.41) is 10.1. The Morgan fingerprint density at radius 2 is 1.75 bits per heavy atom. The Labute approximate surface area is 120 Å². The van der Waals surface area contributed by atoms with Crippen LogP contribution >= 0.6 is 0 Å². The SMILES string of the molecule is CC(C)(C)c1cc(C2C=Cc3ccccc32)ccc1O. The molecule has 0 saturated heterocycles. The molecule has 0 spiro atoms. The average molecular weight is 264 g/mol. The molecule has 20 heavy (non-hydrogen) atoms. The van der Waals surface area contributed by atoms with Gasteiger partial charge >= 0.3 is 0 Å². The zero-order valence-electron chi connectivity index (χ0n) is 12.2. The number of allylic oxidation sites excluding steroid dienone is 1. The molecule has 0 bridgehead atoms. The van der Waals surface area contributed by atoms with Crippen LogP contribution in [0.5, 0.6) is 5.75 Å². The van der Waals surface area contributed by atoms with E-state index in [1.54, 1.807) is 0 Å². The van der Waals surface area contributed by atoms with E-state index in [4.69, 9.17) is 0 Å². The van der Waals surface area contributed by atoms with Crippen molar-refractivity contribution in [1.82, 2.24) is 0 Å². The molecule has 0 heterocycles. The van der Waals surface area contributed by atoms with Crippen molar-refractivity contribution >= 4 is 6.08 Å². The number of fused-ring (bicyclic) bond motifs is 1. The predicted molar refractivity (Wildman–Crippen MR) is 84.1 cm³/mol. The molecule has 1 N–H and O–H groups in total. The molecule has 1 aliphatic rings. The lowest BCUT2D eigenvalue weighted by Crippen LogP contribution is -2.12. The van der Waals surface area contributed by atoms with Gasteiger partial charge in [0, 0.05) is 5.92 Å². The Balaban J connectivity index is 2.07. The third-order valence-corrected chi connectivity index (χ3v) is 3.99. The molecule has 1 aliphatic carbocycles. The van der Waals surface area contributed by atoms with E-state index in [-0.39, 0.29) is 5.41 Å². The Kier molecular flexibility index (Phi) is 2.93. The third-order valence-electron chi connectivity index (χ3n) is 3.99. The highest BCUT2D eigenvalue weighted by Gasteiger charge is 2.23. The van der Waals surface area contributed by atoms with Gasteiger partial charge in [-0.2, -0.15) is 0 Å². The summed E-state index contributed by atoms with van der Waals surface area (Å²) in [5.41, 5.74) is 4.84. The summed E-state index contributed by atoms with van der Waals surface area (Å²) in [6, 6.07) is 14.5. The number of phenolic OH excluding ortho intramolecular Hbond substituents is 1. The molecule has 102 valence electrons. The van der Waals surface area contributed by atoms with E-state index in [1.807, 2.05) is 12.1 Å². The van der Waals surface area contributed by atoms with Crippen LogP contribution in [0.25, 0.3) is 6.08 Å². The highest BCUT2D eigenvalue weighted by Crippen LogP contribution is 2.39. The number of benzene rings is 2. The van der Waals surface area contributed by atoms with Crippen molar-refractivity contribution in [2.24, 2.45) is 0 Å². The number of aromatic hydroxyl groups is 1. The second kappa shape index (κ2) is 4.52. The fourth-order valence-corrected chi connectivity index (χ4v) is 2.89. The topological polar surface area (TPSA) is 20.2 Å². The molecule has 1 unspecified atom stereocenters. The molecule has 0 saturated carbocycles. The van der Waals surface area contributed by atoms with Crippen LogP contribution in [0, 0.1) is 0 Å². The van der Waals surface area contributed by atoms with Crippen molar-refractivity contribution in [3.63, 3.8) is 0 Å². The number of phenols is 1. The van der Waals surface area contributed by atoms with Crippen LogP contribution in [0.1, 0.15) is 48.9 Å².